The van der Waals surface area contributed by atoms with E-state index in [9.17, 15) is 4.39 Å². The first-order chi connectivity index (χ1) is 7.86. The van der Waals surface area contributed by atoms with Gasteiger partial charge in [-0.2, -0.15) is 0 Å². The number of halogens is 1. The first-order valence-corrected chi connectivity index (χ1v) is 5.95. The smallest absolute Gasteiger partial charge is 0.165 e. The van der Waals surface area contributed by atoms with Gasteiger partial charge in [0.25, 0.3) is 0 Å². The summed E-state index contributed by atoms with van der Waals surface area (Å²) < 4.78 is 13.2. The van der Waals surface area contributed by atoms with Gasteiger partial charge < -0.3 is 10.3 Å². The van der Waals surface area contributed by atoms with Crippen LogP contribution in [0.3, 0.4) is 0 Å². The minimum Gasteiger partial charge on any atom is -0.382 e. The Hall–Kier alpha value is -1.49. The zero-order chi connectivity index (χ0) is 11.2. The molecule has 0 spiro atoms. The maximum absolute atomic E-state index is 13.2. The van der Waals surface area contributed by atoms with Gasteiger partial charge >= 0.3 is 0 Å². The Labute approximate surface area is 97.5 Å². The van der Waals surface area contributed by atoms with Crippen molar-refractivity contribution in [2.24, 2.45) is 0 Å². The van der Waals surface area contributed by atoms with Gasteiger partial charge in [-0.25, -0.2) is 9.37 Å². The van der Waals surface area contributed by atoms with Gasteiger partial charge in [0.15, 0.2) is 5.16 Å². The molecule has 1 aromatic heterocycles. The van der Waals surface area contributed by atoms with E-state index in [4.69, 9.17) is 0 Å². The molecular formula is C11H12FN3S. The molecule has 1 aromatic carbocycles. The van der Waals surface area contributed by atoms with Crippen LogP contribution in [0.25, 0.3) is 0 Å². The third-order valence-electron chi connectivity index (χ3n) is 2.00. The van der Waals surface area contributed by atoms with Gasteiger partial charge in [0.1, 0.15) is 5.82 Å². The molecule has 3 nitrogen and oxygen atoms in total. The van der Waals surface area contributed by atoms with Crippen LogP contribution in [0.4, 0.5) is 10.1 Å². The van der Waals surface area contributed by atoms with E-state index in [-0.39, 0.29) is 5.82 Å². The maximum atomic E-state index is 13.2. The van der Waals surface area contributed by atoms with Crippen molar-refractivity contribution in [3.05, 3.63) is 42.5 Å². The zero-order valence-electron chi connectivity index (χ0n) is 8.61. The fourth-order valence-electron chi connectivity index (χ4n) is 1.27. The third kappa shape index (κ3) is 3.00. The van der Waals surface area contributed by atoms with Crippen molar-refractivity contribution in [3.8, 4) is 0 Å². The number of H-pyrrole nitrogens is 1. The fourth-order valence-corrected chi connectivity index (χ4v) is 1.95. The molecule has 0 aliphatic rings. The molecule has 2 aromatic rings. The number of anilines is 1. The lowest BCUT2D eigenvalue weighted by Gasteiger charge is -2.05. The van der Waals surface area contributed by atoms with Crippen LogP contribution in [-0.2, 0) is 0 Å². The van der Waals surface area contributed by atoms with Gasteiger partial charge in [0, 0.05) is 24.7 Å². The van der Waals surface area contributed by atoms with Crippen molar-refractivity contribution in [1.29, 1.82) is 0 Å². The van der Waals surface area contributed by atoms with Gasteiger partial charge in [-0.1, -0.05) is 23.9 Å². The Morgan fingerprint density at radius 3 is 3.00 bits per heavy atom. The number of imidazole rings is 1. The molecule has 0 aliphatic carbocycles. The number of thioether (sulfide) groups is 1. The van der Waals surface area contributed by atoms with Gasteiger partial charge in [0.05, 0.1) is 5.69 Å². The lowest BCUT2D eigenvalue weighted by Crippen LogP contribution is -2.05. The SMILES string of the molecule is Fc1ccccc1NCCSc1ncc[nH]1. The van der Waals surface area contributed by atoms with Crippen molar-refractivity contribution < 1.29 is 4.39 Å². The number of para-hydroxylation sites is 1. The van der Waals surface area contributed by atoms with E-state index in [2.05, 4.69) is 15.3 Å². The van der Waals surface area contributed by atoms with Crippen molar-refractivity contribution in [2.75, 3.05) is 17.6 Å². The molecule has 0 fully saturated rings. The summed E-state index contributed by atoms with van der Waals surface area (Å²) in [5.41, 5.74) is 0.544. The van der Waals surface area contributed by atoms with Crippen LogP contribution in [0.2, 0.25) is 0 Å². The molecule has 0 saturated carbocycles. The molecule has 0 saturated heterocycles. The molecule has 5 heteroatoms. The summed E-state index contributed by atoms with van der Waals surface area (Å²) in [4.78, 5) is 7.08. The van der Waals surface area contributed by atoms with E-state index in [1.54, 1.807) is 36.3 Å². The second-order valence-corrected chi connectivity index (χ2v) is 4.23. The molecule has 1 heterocycles. The highest BCUT2D eigenvalue weighted by molar-refractivity contribution is 7.99. The summed E-state index contributed by atoms with van der Waals surface area (Å²) in [6, 6.07) is 6.66. The Balaban J connectivity index is 1.74. The van der Waals surface area contributed by atoms with E-state index in [0.717, 1.165) is 10.9 Å². The highest BCUT2D eigenvalue weighted by Gasteiger charge is 1.99. The summed E-state index contributed by atoms with van der Waals surface area (Å²) in [6.07, 6.45) is 3.50. The zero-order valence-corrected chi connectivity index (χ0v) is 9.43. The minimum absolute atomic E-state index is 0.217. The second-order valence-electron chi connectivity index (χ2n) is 3.15. The third-order valence-corrected chi connectivity index (χ3v) is 2.91. The van der Waals surface area contributed by atoms with Crippen LogP contribution in [0.15, 0.2) is 41.8 Å². The molecule has 0 aliphatic heterocycles. The quantitative estimate of drug-likeness (QED) is 0.620. The predicted molar refractivity (Wildman–Crippen MR) is 64.2 cm³/mol. The lowest BCUT2D eigenvalue weighted by atomic mass is 10.3. The maximum Gasteiger partial charge on any atom is 0.165 e. The van der Waals surface area contributed by atoms with Crippen LogP contribution in [-0.4, -0.2) is 22.3 Å². The number of nitrogens with zero attached hydrogens (tertiary/aromatic N) is 1. The van der Waals surface area contributed by atoms with E-state index in [1.807, 2.05) is 6.07 Å². The molecule has 2 rings (SSSR count). The minimum atomic E-state index is -0.217. The lowest BCUT2D eigenvalue weighted by molar-refractivity contribution is 0.630. The van der Waals surface area contributed by atoms with E-state index in [0.29, 0.717) is 12.2 Å². The number of benzene rings is 1. The number of nitrogens with one attached hydrogen (secondary N) is 2. The Kier molecular flexibility index (Phi) is 3.82. The van der Waals surface area contributed by atoms with Crippen LogP contribution < -0.4 is 5.32 Å². The van der Waals surface area contributed by atoms with Crippen LogP contribution in [0.1, 0.15) is 0 Å². The second kappa shape index (κ2) is 5.55. The first-order valence-electron chi connectivity index (χ1n) is 4.97. The topological polar surface area (TPSA) is 40.7 Å². The summed E-state index contributed by atoms with van der Waals surface area (Å²) in [5.74, 6) is 0.618. The molecule has 84 valence electrons. The molecule has 0 amide bonds. The average Bonchev–Trinajstić information content (AvgIpc) is 2.79. The normalized spacial score (nSPS) is 10.3. The highest BCUT2D eigenvalue weighted by Crippen LogP contribution is 2.14. The molecule has 0 radical (unpaired) electrons. The Morgan fingerprint density at radius 1 is 1.38 bits per heavy atom. The largest absolute Gasteiger partial charge is 0.382 e. The molecule has 0 unspecified atom stereocenters. The first kappa shape index (κ1) is 11.0. The van der Waals surface area contributed by atoms with Gasteiger partial charge in [-0.15, -0.1) is 0 Å². The van der Waals surface area contributed by atoms with Crippen molar-refractivity contribution in [3.63, 3.8) is 0 Å². The highest BCUT2D eigenvalue weighted by atomic mass is 32.2. The summed E-state index contributed by atoms with van der Waals surface area (Å²) in [6.45, 7) is 0.701. The predicted octanol–water partition coefficient (Wildman–Crippen LogP) is 2.75. The van der Waals surface area contributed by atoms with Crippen LogP contribution in [0.5, 0.6) is 0 Å². The number of hydrogen-bond acceptors (Lipinski definition) is 3. The van der Waals surface area contributed by atoms with Crippen molar-refractivity contribution >= 4 is 17.4 Å². The summed E-state index contributed by atoms with van der Waals surface area (Å²) >= 11 is 1.60. The Morgan fingerprint density at radius 2 is 2.25 bits per heavy atom. The monoisotopic (exact) mass is 237 g/mol. The number of rotatable bonds is 5. The summed E-state index contributed by atoms with van der Waals surface area (Å²) in [5, 5.41) is 3.92. The number of hydrogen-bond donors (Lipinski definition) is 2. The Bertz CT molecular complexity index is 431. The fraction of sp³-hybridized carbons (Fsp3) is 0.182. The molecule has 2 N–H and O–H groups in total. The van der Waals surface area contributed by atoms with Crippen molar-refractivity contribution in [2.45, 2.75) is 5.16 Å². The number of aromatic nitrogens is 2. The average molecular weight is 237 g/mol. The van der Waals surface area contributed by atoms with E-state index in [1.165, 1.54) is 6.07 Å². The van der Waals surface area contributed by atoms with E-state index >= 15 is 0 Å². The van der Waals surface area contributed by atoms with Gasteiger partial charge in [-0.3, -0.25) is 0 Å². The van der Waals surface area contributed by atoms with Gasteiger partial charge in [0.2, 0.25) is 0 Å². The molecular weight excluding hydrogens is 225 g/mol. The van der Waals surface area contributed by atoms with Crippen LogP contribution >= 0.6 is 11.8 Å². The molecule has 0 bridgehead atoms. The van der Waals surface area contributed by atoms with E-state index < -0.39 is 0 Å². The summed E-state index contributed by atoms with van der Waals surface area (Å²) in [7, 11) is 0. The van der Waals surface area contributed by atoms with Crippen LogP contribution in [0, 0.1) is 5.82 Å². The molecule has 0 atom stereocenters. The number of aromatic amines is 1. The molecule has 16 heavy (non-hydrogen) atoms. The standard InChI is InChI=1S/C11H12FN3S/c12-9-3-1-2-4-10(9)13-7-8-16-11-14-5-6-15-11/h1-6,13H,7-8H2,(H,14,15). The van der Waals surface area contributed by atoms with Gasteiger partial charge in [-0.05, 0) is 12.1 Å². The van der Waals surface area contributed by atoms with Crippen molar-refractivity contribution in [1.82, 2.24) is 9.97 Å².